The standard InChI is InChI=1S/C14H17NO5S/c1-20-12-5-2-10(3-6-12)8-21(18,19)9-11-4-7-13(16)15-14(11)17/h2-3,5-6,11H,4,7-9H2,1H3,(H,15,16,17). The van der Waals surface area contributed by atoms with E-state index in [1.807, 2.05) is 0 Å². The first kappa shape index (κ1) is 15.5. The molecule has 1 aliphatic rings. The predicted octanol–water partition coefficient (Wildman–Crippen LogP) is 0.663. The summed E-state index contributed by atoms with van der Waals surface area (Å²) in [6, 6.07) is 6.75. The van der Waals surface area contributed by atoms with Gasteiger partial charge in [-0.1, -0.05) is 12.1 Å². The molecule has 7 heteroatoms. The Morgan fingerprint density at radius 3 is 2.48 bits per heavy atom. The molecule has 0 saturated carbocycles. The van der Waals surface area contributed by atoms with Crippen molar-refractivity contribution in [1.29, 1.82) is 0 Å². The molecule has 6 nitrogen and oxygen atoms in total. The Morgan fingerprint density at radius 2 is 1.90 bits per heavy atom. The zero-order valence-corrected chi connectivity index (χ0v) is 12.5. The second-order valence-corrected chi connectivity index (χ2v) is 7.16. The number of rotatable bonds is 5. The lowest BCUT2D eigenvalue weighted by atomic mass is 10.0. The number of sulfone groups is 1. The number of benzene rings is 1. The topological polar surface area (TPSA) is 89.5 Å². The van der Waals surface area contributed by atoms with Gasteiger partial charge in [0, 0.05) is 6.42 Å². The van der Waals surface area contributed by atoms with Gasteiger partial charge in [0.2, 0.25) is 11.8 Å². The molecule has 1 fully saturated rings. The predicted molar refractivity (Wildman–Crippen MR) is 76.4 cm³/mol. The van der Waals surface area contributed by atoms with Crippen LogP contribution in [0.25, 0.3) is 0 Å². The molecule has 1 heterocycles. The summed E-state index contributed by atoms with van der Waals surface area (Å²) in [6.45, 7) is 0. The Labute approximate surface area is 123 Å². The van der Waals surface area contributed by atoms with Crippen molar-refractivity contribution in [2.24, 2.45) is 5.92 Å². The molecule has 21 heavy (non-hydrogen) atoms. The van der Waals surface area contributed by atoms with E-state index >= 15 is 0 Å². The third kappa shape index (κ3) is 4.29. The monoisotopic (exact) mass is 311 g/mol. The fourth-order valence-corrected chi connectivity index (χ4v) is 3.99. The van der Waals surface area contributed by atoms with Gasteiger partial charge >= 0.3 is 0 Å². The van der Waals surface area contributed by atoms with E-state index in [4.69, 9.17) is 4.74 Å². The molecule has 0 bridgehead atoms. The van der Waals surface area contributed by atoms with Crippen LogP contribution in [-0.4, -0.2) is 33.1 Å². The van der Waals surface area contributed by atoms with E-state index < -0.39 is 21.7 Å². The average Bonchev–Trinajstić information content (AvgIpc) is 2.42. The summed E-state index contributed by atoms with van der Waals surface area (Å²) in [5, 5.41) is 2.17. The minimum atomic E-state index is -3.42. The Bertz CT molecular complexity index is 636. The minimum absolute atomic E-state index is 0.130. The van der Waals surface area contributed by atoms with Gasteiger partial charge in [-0.15, -0.1) is 0 Å². The molecule has 1 aromatic carbocycles. The lowest BCUT2D eigenvalue weighted by Crippen LogP contribution is -2.43. The van der Waals surface area contributed by atoms with E-state index in [1.54, 1.807) is 24.3 Å². The molecule has 0 aliphatic carbocycles. The molecular formula is C14H17NO5S. The third-order valence-electron chi connectivity index (χ3n) is 3.35. The van der Waals surface area contributed by atoms with Crippen LogP contribution in [0.1, 0.15) is 18.4 Å². The highest BCUT2D eigenvalue weighted by atomic mass is 32.2. The highest BCUT2D eigenvalue weighted by Crippen LogP contribution is 2.18. The number of amides is 2. The largest absolute Gasteiger partial charge is 0.497 e. The van der Waals surface area contributed by atoms with Gasteiger partial charge in [0.15, 0.2) is 9.84 Å². The van der Waals surface area contributed by atoms with Crippen molar-refractivity contribution in [3.8, 4) is 5.75 Å². The molecule has 0 aromatic heterocycles. The second-order valence-electron chi connectivity index (χ2n) is 5.05. The summed E-state index contributed by atoms with van der Waals surface area (Å²) in [5.41, 5.74) is 0.642. The molecule has 114 valence electrons. The number of imide groups is 1. The van der Waals surface area contributed by atoms with Crippen molar-refractivity contribution in [3.05, 3.63) is 29.8 Å². The van der Waals surface area contributed by atoms with Crippen LogP contribution in [0, 0.1) is 5.92 Å². The number of piperidine rings is 1. The summed E-state index contributed by atoms with van der Waals surface area (Å²) in [4.78, 5) is 22.6. The van der Waals surface area contributed by atoms with Crippen molar-refractivity contribution < 1.29 is 22.7 Å². The molecule has 1 N–H and O–H groups in total. The summed E-state index contributed by atoms with van der Waals surface area (Å²) in [6.07, 6.45) is 0.473. The van der Waals surface area contributed by atoms with Crippen LogP contribution in [0.5, 0.6) is 5.75 Å². The van der Waals surface area contributed by atoms with E-state index in [2.05, 4.69) is 5.32 Å². The van der Waals surface area contributed by atoms with Gasteiger partial charge < -0.3 is 4.74 Å². The van der Waals surface area contributed by atoms with E-state index in [0.717, 1.165) is 0 Å². The number of hydrogen-bond acceptors (Lipinski definition) is 5. The molecule has 1 aromatic rings. The Balaban J connectivity index is 2.01. The molecule has 1 saturated heterocycles. The van der Waals surface area contributed by atoms with Crippen LogP contribution >= 0.6 is 0 Å². The van der Waals surface area contributed by atoms with E-state index in [0.29, 0.717) is 11.3 Å². The Kier molecular flexibility index (Phi) is 4.62. The first-order valence-corrected chi connectivity index (χ1v) is 8.39. The lowest BCUT2D eigenvalue weighted by Gasteiger charge is -2.20. The Hall–Kier alpha value is -1.89. The summed E-state index contributed by atoms with van der Waals surface area (Å²) >= 11 is 0. The zero-order valence-electron chi connectivity index (χ0n) is 11.7. The summed E-state index contributed by atoms with van der Waals surface area (Å²) < 4.78 is 29.3. The number of hydrogen-bond donors (Lipinski definition) is 1. The van der Waals surface area contributed by atoms with Crippen LogP contribution in [0.15, 0.2) is 24.3 Å². The second kappa shape index (κ2) is 6.26. The van der Waals surface area contributed by atoms with Gasteiger partial charge in [0.1, 0.15) is 5.75 Å². The molecular weight excluding hydrogens is 294 g/mol. The van der Waals surface area contributed by atoms with Gasteiger partial charge in [-0.05, 0) is 24.1 Å². The molecule has 2 amide bonds. The van der Waals surface area contributed by atoms with E-state index in [9.17, 15) is 18.0 Å². The van der Waals surface area contributed by atoms with Gasteiger partial charge in [0.05, 0.1) is 24.5 Å². The highest BCUT2D eigenvalue weighted by Gasteiger charge is 2.30. The van der Waals surface area contributed by atoms with Gasteiger partial charge in [-0.3, -0.25) is 14.9 Å². The van der Waals surface area contributed by atoms with Crippen molar-refractivity contribution in [2.45, 2.75) is 18.6 Å². The highest BCUT2D eigenvalue weighted by molar-refractivity contribution is 7.90. The van der Waals surface area contributed by atoms with Crippen LogP contribution in [-0.2, 0) is 25.2 Å². The van der Waals surface area contributed by atoms with Crippen LogP contribution < -0.4 is 10.1 Å². The average molecular weight is 311 g/mol. The smallest absolute Gasteiger partial charge is 0.230 e. The van der Waals surface area contributed by atoms with Gasteiger partial charge in [-0.25, -0.2) is 8.42 Å². The number of carbonyl (C=O) groups excluding carboxylic acids is 2. The first-order chi connectivity index (χ1) is 9.89. The fraction of sp³-hybridized carbons (Fsp3) is 0.429. The van der Waals surface area contributed by atoms with E-state index in [-0.39, 0.29) is 30.3 Å². The van der Waals surface area contributed by atoms with Crippen molar-refractivity contribution in [3.63, 3.8) is 0 Å². The van der Waals surface area contributed by atoms with Crippen LogP contribution in [0.2, 0.25) is 0 Å². The molecule has 2 rings (SSSR count). The van der Waals surface area contributed by atoms with Crippen molar-refractivity contribution in [2.75, 3.05) is 12.9 Å². The maximum absolute atomic E-state index is 12.2. The molecule has 1 unspecified atom stereocenters. The maximum Gasteiger partial charge on any atom is 0.230 e. The van der Waals surface area contributed by atoms with Crippen LogP contribution in [0.4, 0.5) is 0 Å². The van der Waals surface area contributed by atoms with Gasteiger partial charge in [0.25, 0.3) is 0 Å². The number of ether oxygens (including phenoxy) is 1. The van der Waals surface area contributed by atoms with Gasteiger partial charge in [-0.2, -0.15) is 0 Å². The summed E-state index contributed by atoms with van der Waals surface area (Å²) in [5.74, 6) is -1.20. The van der Waals surface area contributed by atoms with E-state index in [1.165, 1.54) is 7.11 Å². The fourth-order valence-electron chi connectivity index (χ4n) is 2.24. The molecule has 0 radical (unpaired) electrons. The maximum atomic E-state index is 12.2. The van der Waals surface area contributed by atoms with Crippen molar-refractivity contribution in [1.82, 2.24) is 5.32 Å². The number of methoxy groups -OCH3 is 1. The van der Waals surface area contributed by atoms with Crippen molar-refractivity contribution >= 4 is 21.7 Å². The quantitative estimate of drug-likeness (QED) is 0.807. The first-order valence-electron chi connectivity index (χ1n) is 6.56. The molecule has 1 atom stereocenters. The normalized spacial score (nSPS) is 19.2. The number of carbonyl (C=O) groups is 2. The number of nitrogens with one attached hydrogen (secondary N) is 1. The van der Waals surface area contributed by atoms with Crippen LogP contribution in [0.3, 0.4) is 0 Å². The molecule has 1 aliphatic heterocycles. The third-order valence-corrected chi connectivity index (χ3v) is 5.04. The molecule has 0 spiro atoms. The minimum Gasteiger partial charge on any atom is -0.497 e. The Morgan fingerprint density at radius 1 is 1.24 bits per heavy atom. The SMILES string of the molecule is COc1ccc(CS(=O)(=O)CC2CCC(=O)NC2=O)cc1. The zero-order chi connectivity index (χ0) is 15.5. The lowest BCUT2D eigenvalue weighted by molar-refractivity contribution is -0.135. The summed E-state index contributed by atoms with van der Waals surface area (Å²) in [7, 11) is -1.88.